The Balaban J connectivity index is 1.27. The van der Waals surface area contributed by atoms with Gasteiger partial charge in [-0.25, -0.2) is 0 Å². The lowest BCUT2D eigenvalue weighted by Crippen LogP contribution is -2.06. The molecule has 0 spiro atoms. The molecule has 0 atom stereocenters. The number of aromatic nitrogens is 2. The van der Waals surface area contributed by atoms with E-state index >= 15 is 0 Å². The Morgan fingerprint density at radius 1 is 0.480 bits per heavy atom. The number of hydrogen-bond donors (Lipinski definition) is 0. The van der Waals surface area contributed by atoms with E-state index in [1.165, 1.54) is 5.69 Å². The summed E-state index contributed by atoms with van der Waals surface area (Å²) < 4.78 is 4.59. The van der Waals surface area contributed by atoms with E-state index in [0.29, 0.717) is 17.5 Å². The zero-order valence-electron chi connectivity index (χ0n) is 26.9. The Morgan fingerprint density at radius 2 is 1.16 bits per heavy atom. The second kappa shape index (κ2) is 11.5. The van der Waals surface area contributed by atoms with Gasteiger partial charge >= 0.3 is 0 Å². The molecule has 8 aromatic rings. The predicted octanol–water partition coefficient (Wildman–Crippen LogP) is 10.7. The van der Waals surface area contributed by atoms with Crippen molar-refractivity contribution >= 4 is 38.8 Å². The van der Waals surface area contributed by atoms with Crippen LogP contribution in [-0.4, -0.2) is 9.13 Å². The Bertz CT molecular complexity index is 2860. The summed E-state index contributed by atoms with van der Waals surface area (Å²) in [6.07, 6.45) is 3.48. The van der Waals surface area contributed by atoms with Gasteiger partial charge in [-0.2, -0.15) is 15.8 Å². The van der Waals surface area contributed by atoms with Gasteiger partial charge in [-0.15, -0.1) is 0 Å². The molecule has 0 fully saturated rings. The molecule has 0 saturated heterocycles. The van der Waals surface area contributed by atoms with Crippen molar-refractivity contribution in [2.75, 3.05) is 0 Å². The van der Waals surface area contributed by atoms with E-state index in [2.05, 4.69) is 112 Å². The van der Waals surface area contributed by atoms with Crippen LogP contribution in [0.4, 0.5) is 0 Å². The van der Waals surface area contributed by atoms with Crippen LogP contribution in [0.15, 0.2) is 139 Å². The summed E-state index contributed by atoms with van der Waals surface area (Å²) in [5.41, 5.74) is 13.6. The van der Waals surface area contributed by atoms with Crippen molar-refractivity contribution < 1.29 is 0 Å². The van der Waals surface area contributed by atoms with E-state index in [-0.39, 0.29) is 0 Å². The van der Waals surface area contributed by atoms with Gasteiger partial charge in [0.1, 0.15) is 0 Å². The van der Waals surface area contributed by atoms with Crippen molar-refractivity contribution in [1.29, 1.82) is 15.8 Å². The van der Waals surface area contributed by atoms with Gasteiger partial charge in [0.15, 0.2) is 0 Å². The largest absolute Gasteiger partial charge is 0.312 e. The molecule has 9 rings (SSSR count). The van der Waals surface area contributed by atoms with Gasteiger partial charge in [-0.1, -0.05) is 72.8 Å². The first-order valence-corrected chi connectivity index (χ1v) is 16.6. The van der Waals surface area contributed by atoms with Crippen LogP contribution in [0.25, 0.3) is 72.4 Å². The molecule has 6 aromatic carbocycles. The highest BCUT2D eigenvalue weighted by Crippen LogP contribution is 2.42. The highest BCUT2D eigenvalue weighted by molar-refractivity contribution is 6.09. The van der Waals surface area contributed by atoms with Crippen molar-refractivity contribution in [1.82, 2.24) is 9.13 Å². The van der Waals surface area contributed by atoms with Crippen LogP contribution in [0.2, 0.25) is 0 Å². The van der Waals surface area contributed by atoms with E-state index in [1.807, 2.05) is 54.6 Å². The molecule has 232 valence electrons. The molecular weight excluding hydrogens is 611 g/mol. The van der Waals surface area contributed by atoms with Gasteiger partial charge in [0.2, 0.25) is 0 Å². The van der Waals surface area contributed by atoms with Gasteiger partial charge in [-0.05, 0) is 96.3 Å². The Morgan fingerprint density at radius 3 is 1.96 bits per heavy atom. The van der Waals surface area contributed by atoms with Gasteiger partial charge < -0.3 is 9.13 Å². The molecule has 0 bridgehead atoms. The Labute approximate surface area is 289 Å². The zero-order valence-corrected chi connectivity index (χ0v) is 26.9. The second-order valence-corrected chi connectivity index (χ2v) is 12.6. The summed E-state index contributed by atoms with van der Waals surface area (Å²) in [6.45, 7) is 0. The third kappa shape index (κ3) is 4.45. The first-order chi connectivity index (χ1) is 24.7. The first-order valence-electron chi connectivity index (χ1n) is 16.6. The molecule has 0 aliphatic heterocycles. The molecule has 2 aromatic heterocycles. The molecule has 0 amide bonds. The quantitative estimate of drug-likeness (QED) is 0.193. The average molecular weight is 638 g/mol. The maximum atomic E-state index is 10.1. The maximum Gasteiger partial charge on any atom is 0.0991 e. The third-order valence-corrected chi connectivity index (χ3v) is 9.91. The highest BCUT2D eigenvalue weighted by atomic mass is 15.0. The van der Waals surface area contributed by atoms with E-state index in [9.17, 15) is 15.8 Å². The maximum absolute atomic E-state index is 10.1. The SMILES string of the molecule is N#CC1=Cc2c(n(-c3ccc(C#N)cc3-c3ccccc3-c3cccc(-n4c5ccccc5c5cc(C#N)ccc54)c3)c3ccccc23)CC1. The number of hydrogen-bond acceptors (Lipinski definition) is 3. The van der Waals surface area contributed by atoms with Crippen LogP contribution in [-0.2, 0) is 6.42 Å². The van der Waals surface area contributed by atoms with Crippen LogP contribution >= 0.6 is 0 Å². The number of rotatable bonds is 4. The van der Waals surface area contributed by atoms with Gasteiger partial charge in [0.05, 0.1) is 51.6 Å². The smallest absolute Gasteiger partial charge is 0.0991 e. The topological polar surface area (TPSA) is 81.2 Å². The minimum atomic E-state index is 0.589. The standard InChI is InChI=1S/C45H27N5/c46-26-29-17-20-44(50-42-15-6-4-13-37(42)40-24-31(28-48)18-21-45(40)50)38(22-29)35-11-2-1-10-34(35)32-8-7-9-33(25-32)49-41-14-5-3-12-36(41)39-23-30(27-47)16-19-43(39)49/h1-17,19-20,22-25H,18,21H2. The Kier molecular flexibility index (Phi) is 6.70. The molecule has 0 N–H and O–H groups in total. The second-order valence-electron chi connectivity index (χ2n) is 12.6. The molecule has 50 heavy (non-hydrogen) atoms. The summed E-state index contributed by atoms with van der Waals surface area (Å²) in [5, 5.41) is 32.7. The number of benzene rings is 6. The van der Waals surface area contributed by atoms with Crippen LogP contribution in [0.3, 0.4) is 0 Å². The molecule has 0 radical (unpaired) electrons. The fraction of sp³-hybridized carbons (Fsp3) is 0.0444. The fourth-order valence-electron chi connectivity index (χ4n) is 7.71. The van der Waals surface area contributed by atoms with Crippen LogP contribution in [0, 0.1) is 34.0 Å². The van der Waals surface area contributed by atoms with Crippen LogP contribution in [0.5, 0.6) is 0 Å². The monoisotopic (exact) mass is 637 g/mol. The molecule has 0 unspecified atom stereocenters. The Hall–Kier alpha value is -7.13. The third-order valence-electron chi connectivity index (χ3n) is 9.91. The molecule has 2 heterocycles. The minimum absolute atomic E-state index is 0.589. The van der Waals surface area contributed by atoms with E-state index < -0.39 is 0 Å². The summed E-state index contributed by atoms with van der Waals surface area (Å²) in [4.78, 5) is 0. The van der Waals surface area contributed by atoms with Gasteiger partial charge in [0.25, 0.3) is 0 Å². The number of nitrogens with zero attached hydrogens (tertiary/aromatic N) is 5. The fourth-order valence-corrected chi connectivity index (χ4v) is 7.71. The van der Waals surface area contributed by atoms with Crippen LogP contribution in [0.1, 0.15) is 28.8 Å². The summed E-state index contributed by atoms with van der Waals surface area (Å²) in [5.74, 6) is 0. The van der Waals surface area contributed by atoms with Crippen molar-refractivity contribution in [3.63, 3.8) is 0 Å². The lowest BCUT2D eigenvalue weighted by Gasteiger charge is -2.20. The van der Waals surface area contributed by atoms with Gasteiger partial charge in [0, 0.05) is 44.2 Å². The van der Waals surface area contributed by atoms with E-state index in [1.54, 1.807) is 0 Å². The van der Waals surface area contributed by atoms with E-state index in [4.69, 9.17) is 0 Å². The number of nitriles is 3. The predicted molar refractivity (Wildman–Crippen MR) is 200 cm³/mol. The number of allylic oxidation sites excluding steroid dienone is 1. The molecule has 5 heteroatoms. The highest BCUT2D eigenvalue weighted by Gasteiger charge is 2.24. The minimum Gasteiger partial charge on any atom is -0.312 e. The molecular formula is C45H27N5. The lowest BCUT2D eigenvalue weighted by atomic mass is 9.92. The number of fused-ring (bicyclic) bond motifs is 6. The summed E-state index contributed by atoms with van der Waals surface area (Å²) >= 11 is 0. The molecule has 0 saturated carbocycles. The van der Waals surface area contributed by atoms with E-state index in [0.717, 1.165) is 83.9 Å². The average Bonchev–Trinajstić information content (AvgIpc) is 3.69. The lowest BCUT2D eigenvalue weighted by molar-refractivity contribution is 0.871. The van der Waals surface area contributed by atoms with Gasteiger partial charge in [-0.3, -0.25) is 0 Å². The van der Waals surface area contributed by atoms with Crippen molar-refractivity contribution in [3.05, 3.63) is 161 Å². The van der Waals surface area contributed by atoms with Crippen molar-refractivity contribution in [2.24, 2.45) is 0 Å². The first kappa shape index (κ1) is 29.0. The van der Waals surface area contributed by atoms with Crippen molar-refractivity contribution in [3.8, 4) is 51.8 Å². The molecule has 1 aliphatic rings. The molecule has 1 aliphatic carbocycles. The van der Waals surface area contributed by atoms with Crippen LogP contribution < -0.4 is 0 Å². The normalized spacial score (nSPS) is 12.3. The summed E-state index contributed by atoms with van der Waals surface area (Å²) in [7, 11) is 0. The zero-order chi connectivity index (χ0) is 33.8. The molecule has 5 nitrogen and oxygen atoms in total. The summed E-state index contributed by atoms with van der Waals surface area (Å²) in [6, 6.07) is 52.5. The number of para-hydroxylation sites is 2. The van der Waals surface area contributed by atoms with Crippen molar-refractivity contribution in [2.45, 2.75) is 12.8 Å².